The van der Waals surface area contributed by atoms with E-state index in [-0.39, 0.29) is 113 Å². The molecule has 0 unspecified atom stereocenters. The molecule has 0 saturated carbocycles. The highest BCUT2D eigenvalue weighted by molar-refractivity contribution is 5.81. The molecule has 4 amide bonds. The van der Waals surface area contributed by atoms with Gasteiger partial charge in [-0.1, -0.05) is 55.4 Å². The molecule has 32 heteroatoms. The van der Waals surface area contributed by atoms with E-state index < -0.39 is 0 Å². The quantitative estimate of drug-likeness (QED) is 0.0634. The van der Waals surface area contributed by atoms with Crippen molar-refractivity contribution in [1.29, 1.82) is 0 Å². The minimum Gasteiger partial charge on any atom is -0.380 e. The Bertz CT molecular complexity index is 1900. The Kier molecular flexibility index (Phi) is 81.5. The van der Waals surface area contributed by atoms with Crippen molar-refractivity contribution in [2.45, 2.75) is 139 Å². The summed E-state index contributed by atoms with van der Waals surface area (Å²) in [6, 6.07) is 0. The molecule has 0 aliphatic heterocycles. The summed E-state index contributed by atoms with van der Waals surface area (Å²) in [4.78, 5) is 105. The van der Waals surface area contributed by atoms with Crippen LogP contribution in [0.4, 0.5) is 0 Å². The molecule has 32 nitrogen and oxygen atoms in total. The normalized spacial score (nSPS) is 11.8. The van der Waals surface area contributed by atoms with Crippen LogP contribution in [0.25, 0.3) is 0 Å². The second-order valence-electron chi connectivity index (χ2n) is 27.9. The highest BCUT2D eigenvalue weighted by Gasteiger charge is 2.19. The van der Waals surface area contributed by atoms with Gasteiger partial charge in [0, 0.05) is 197 Å². The largest absolute Gasteiger partial charge is 0.380 e. The highest BCUT2D eigenvalue weighted by atomic mass is 16.5. The first-order valence-corrected chi connectivity index (χ1v) is 42.9. The molecule has 0 aromatic heterocycles. The van der Waals surface area contributed by atoms with Crippen LogP contribution in [-0.2, 0) is 99.9 Å². The van der Waals surface area contributed by atoms with E-state index in [1.165, 1.54) is 6.92 Å². The Balaban J connectivity index is 5.46. The molecule has 4 N–H and O–H groups in total. The SMILES string of the molecule is CCCOCCN(CCOCCC)CC(=O)CCCOCCN(CCOCCNC(=O)CN(CCOCCC)CCOCCC)CC(=O)NCCOCCN(CCOCCNC(=O)CN(CCOCCCC(=O)CN(CCOCCC)CCOCCC)CCOCCNC(=O)CN(CCOCCC)CCOCCC)CC(C)=O. The van der Waals surface area contributed by atoms with E-state index in [9.17, 15) is 33.6 Å². The van der Waals surface area contributed by atoms with Gasteiger partial charge in [0.2, 0.25) is 23.6 Å². The third kappa shape index (κ3) is 76.5. The van der Waals surface area contributed by atoms with E-state index in [1.807, 2.05) is 24.5 Å². The molecule has 0 rings (SSSR count). The van der Waals surface area contributed by atoms with Gasteiger partial charge in [0.15, 0.2) is 0 Å². The Labute approximate surface area is 681 Å². The molecule has 113 heavy (non-hydrogen) atoms. The van der Waals surface area contributed by atoms with Crippen molar-refractivity contribution in [1.82, 2.24) is 55.6 Å². The number of nitrogens with zero attached hydrogens (tertiary/aromatic N) is 7. The van der Waals surface area contributed by atoms with Gasteiger partial charge in [0.05, 0.1) is 165 Å². The van der Waals surface area contributed by atoms with Crippen molar-refractivity contribution in [3.8, 4) is 0 Å². The second-order valence-corrected chi connectivity index (χ2v) is 27.9. The van der Waals surface area contributed by atoms with Crippen molar-refractivity contribution in [2.24, 2.45) is 0 Å². The second kappa shape index (κ2) is 84.5. The predicted octanol–water partition coefficient (Wildman–Crippen LogP) is 3.37. The van der Waals surface area contributed by atoms with Crippen LogP contribution in [0.1, 0.15) is 139 Å². The maximum absolute atomic E-state index is 13.4. The minimum absolute atomic E-state index is 0.0105. The van der Waals surface area contributed by atoms with E-state index in [0.717, 1.165) is 51.4 Å². The Morgan fingerprint density at radius 1 is 0.204 bits per heavy atom. The molecule has 0 aliphatic rings. The molecule has 0 spiro atoms. The fraction of sp³-hybridized carbons (Fsp3) is 0.914. The Morgan fingerprint density at radius 3 is 0.540 bits per heavy atom. The third-order valence-corrected chi connectivity index (χ3v) is 17.0. The van der Waals surface area contributed by atoms with Gasteiger partial charge in [-0.15, -0.1) is 0 Å². The van der Waals surface area contributed by atoms with Gasteiger partial charge >= 0.3 is 0 Å². The van der Waals surface area contributed by atoms with Gasteiger partial charge in [-0.3, -0.25) is 67.9 Å². The van der Waals surface area contributed by atoms with Gasteiger partial charge in [-0.2, -0.15) is 0 Å². The number of hydrogen-bond donors (Lipinski definition) is 4. The summed E-state index contributed by atoms with van der Waals surface area (Å²) < 4.78 is 81.2. The van der Waals surface area contributed by atoms with Crippen LogP contribution in [0.2, 0.25) is 0 Å². The summed E-state index contributed by atoms with van der Waals surface area (Å²) in [5, 5.41) is 11.8. The van der Waals surface area contributed by atoms with E-state index in [1.54, 1.807) is 0 Å². The number of carbonyl (C=O) groups is 7. The van der Waals surface area contributed by atoms with Gasteiger partial charge in [0.1, 0.15) is 17.3 Å². The summed E-state index contributed by atoms with van der Waals surface area (Å²) in [7, 11) is 0. The zero-order valence-corrected chi connectivity index (χ0v) is 72.2. The van der Waals surface area contributed by atoms with Gasteiger partial charge in [0.25, 0.3) is 0 Å². The molecule has 0 heterocycles. The van der Waals surface area contributed by atoms with Gasteiger partial charge in [-0.05, 0) is 71.1 Å². The summed E-state index contributed by atoms with van der Waals surface area (Å²) in [6.45, 7) is 42.1. The summed E-state index contributed by atoms with van der Waals surface area (Å²) in [5.41, 5.74) is 0. The first kappa shape index (κ1) is 109. The number of ketones is 3. The van der Waals surface area contributed by atoms with Crippen LogP contribution in [0, 0.1) is 0 Å². The zero-order chi connectivity index (χ0) is 82.8. The molecule has 0 atom stereocenters. The number of rotatable bonds is 92. The summed E-state index contributed by atoms with van der Waals surface area (Å²) >= 11 is 0. The van der Waals surface area contributed by atoms with Crippen molar-refractivity contribution < 1.29 is 99.9 Å². The first-order valence-electron chi connectivity index (χ1n) is 42.9. The van der Waals surface area contributed by atoms with E-state index in [4.69, 9.17) is 66.3 Å². The molecule has 666 valence electrons. The number of Topliss-reactive ketones (excluding diaryl/α,β-unsaturated/α-hetero) is 3. The molecule has 0 bridgehead atoms. The standard InChI is InChI=1S/C81H161N11O21/c1-10-40-100-54-28-87(29-55-101-41-11-2)69-76(94)20-18-48-108-62-36-91(38-66-112-52-24-84-78(96)71-89(32-58-104-44-14-5)33-59-105-45-15-6)73-80(98)82-22-50-110-64-26-86(68-75(9)93)27-65-111-51-23-83-81(99)74-92(37-63-109-49-19-21-77(95)70-88(30-56-102-42-12-3)31-57-103-43-13-4)39-67-113-53-25-85-79(97)72-90(34-60-106-46-16-7)35-61-107-47-17-8/h10-74H2,1-9H3,(H,82,98)(H,83,99)(H,84,96)(H,85,97). The van der Waals surface area contributed by atoms with Crippen molar-refractivity contribution >= 4 is 41.0 Å². The molecule has 0 radical (unpaired) electrons. The first-order chi connectivity index (χ1) is 55.2. The highest BCUT2D eigenvalue weighted by Crippen LogP contribution is 2.04. The predicted molar refractivity (Wildman–Crippen MR) is 440 cm³/mol. The van der Waals surface area contributed by atoms with Crippen LogP contribution in [-0.4, -0.2) is 424 Å². The van der Waals surface area contributed by atoms with E-state index in [0.29, 0.717) is 302 Å². The van der Waals surface area contributed by atoms with Crippen LogP contribution < -0.4 is 21.3 Å². The van der Waals surface area contributed by atoms with E-state index >= 15 is 0 Å². The average molecular weight is 1630 g/mol. The van der Waals surface area contributed by atoms with Crippen LogP contribution in [0.15, 0.2) is 0 Å². The average Bonchev–Trinajstić information content (AvgIpc) is 0.981. The van der Waals surface area contributed by atoms with Crippen molar-refractivity contribution in [3.05, 3.63) is 0 Å². The lowest BCUT2D eigenvalue weighted by molar-refractivity contribution is -0.124. The molecular weight excluding hydrogens is 1460 g/mol. The third-order valence-electron chi connectivity index (χ3n) is 17.0. The molecular formula is C81H161N11O21. The fourth-order valence-corrected chi connectivity index (χ4v) is 11.0. The number of carbonyl (C=O) groups excluding carboxylic acids is 7. The van der Waals surface area contributed by atoms with Crippen molar-refractivity contribution in [3.63, 3.8) is 0 Å². The zero-order valence-electron chi connectivity index (χ0n) is 72.2. The van der Waals surface area contributed by atoms with Crippen LogP contribution in [0.3, 0.4) is 0 Å². The number of amides is 4. The fourth-order valence-electron chi connectivity index (χ4n) is 11.0. The number of hydrogen-bond acceptors (Lipinski definition) is 28. The topological polar surface area (TPSA) is 320 Å². The number of nitrogens with one attached hydrogen (secondary N) is 4. The van der Waals surface area contributed by atoms with Gasteiger partial charge < -0.3 is 87.6 Å². The maximum atomic E-state index is 13.4. The lowest BCUT2D eigenvalue weighted by Gasteiger charge is -2.23. The van der Waals surface area contributed by atoms with Crippen molar-refractivity contribution in [2.75, 3.05) is 349 Å². The monoisotopic (exact) mass is 1620 g/mol. The minimum atomic E-state index is -0.201. The smallest absolute Gasteiger partial charge is 0.234 e. The summed E-state index contributed by atoms with van der Waals surface area (Å²) in [6.07, 6.45) is 9.36. The lowest BCUT2D eigenvalue weighted by Crippen LogP contribution is -2.42. The van der Waals surface area contributed by atoms with E-state index in [2.05, 4.69) is 86.5 Å². The Hall–Kier alpha value is -3.95. The molecule has 0 fully saturated rings. The van der Waals surface area contributed by atoms with Crippen LogP contribution >= 0.6 is 0 Å². The van der Waals surface area contributed by atoms with Crippen LogP contribution in [0.5, 0.6) is 0 Å². The molecule has 0 aromatic carbocycles. The molecule has 0 aliphatic carbocycles. The lowest BCUT2D eigenvalue weighted by atomic mass is 10.2. The summed E-state index contributed by atoms with van der Waals surface area (Å²) in [5.74, 6) is -0.373. The molecule has 0 aromatic rings. The maximum Gasteiger partial charge on any atom is 0.234 e. The number of ether oxygens (including phenoxy) is 14. The molecule has 0 saturated heterocycles. The van der Waals surface area contributed by atoms with Gasteiger partial charge in [-0.25, -0.2) is 0 Å². The Morgan fingerprint density at radius 2 is 0.363 bits per heavy atom.